The number of hydrogen-bond donors (Lipinski definition) is 0. The number of amides is 1. The maximum atomic E-state index is 14.2. The zero-order valence-electron chi connectivity index (χ0n) is 16.3. The fourth-order valence-electron chi connectivity index (χ4n) is 3.13. The summed E-state index contributed by atoms with van der Waals surface area (Å²) >= 11 is 6.14. The number of carbonyl (C=O) groups is 1. The smallest absolute Gasteiger partial charge is 0.257 e. The molecule has 0 spiro atoms. The summed E-state index contributed by atoms with van der Waals surface area (Å²) in [7, 11) is 0. The van der Waals surface area contributed by atoms with Gasteiger partial charge < -0.3 is 9.47 Å². The van der Waals surface area contributed by atoms with Gasteiger partial charge in [-0.05, 0) is 30.2 Å². The van der Waals surface area contributed by atoms with Gasteiger partial charge in [0.25, 0.3) is 5.91 Å². The van der Waals surface area contributed by atoms with Crippen LogP contribution in [0.3, 0.4) is 0 Å². The van der Waals surface area contributed by atoms with Gasteiger partial charge in [-0.25, -0.2) is 13.8 Å². The van der Waals surface area contributed by atoms with E-state index < -0.39 is 17.5 Å². The third-order valence-electron chi connectivity index (χ3n) is 4.50. The van der Waals surface area contributed by atoms with Gasteiger partial charge in [0.1, 0.15) is 17.5 Å². The summed E-state index contributed by atoms with van der Waals surface area (Å²) in [5.74, 6) is -0.633. The molecule has 3 rings (SSSR count). The highest BCUT2D eigenvalue weighted by molar-refractivity contribution is 6.31. The molecule has 0 atom stereocenters. The lowest BCUT2D eigenvalue weighted by Crippen LogP contribution is -2.35. The number of imidazole rings is 1. The molecule has 3 aromatic rings. The van der Waals surface area contributed by atoms with Crippen LogP contribution in [0.2, 0.25) is 5.02 Å². The van der Waals surface area contributed by atoms with Crippen molar-refractivity contribution in [1.82, 2.24) is 14.5 Å². The fourth-order valence-corrected chi connectivity index (χ4v) is 3.35. The first-order valence-electron chi connectivity index (χ1n) is 9.33. The molecule has 1 aromatic heterocycles. The Hall–Kier alpha value is -2.73. The minimum Gasteiger partial charge on any atom is -0.331 e. The van der Waals surface area contributed by atoms with Crippen LogP contribution < -0.4 is 0 Å². The predicted octanol–water partition coefficient (Wildman–Crippen LogP) is 5.16. The van der Waals surface area contributed by atoms with Crippen LogP contribution in [-0.4, -0.2) is 26.9 Å². The number of nitrogens with zero attached hydrogens (tertiary/aromatic N) is 3. The van der Waals surface area contributed by atoms with Gasteiger partial charge in [-0.15, -0.1) is 0 Å². The highest BCUT2D eigenvalue weighted by Crippen LogP contribution is 2.21. The van der Waals surface area contributed by atoms with Gasteiger partial charge in [0.15, 0.2) is 0 Å². The molecule has 0 aliphatic rings. The van der Waals surface area contributed by atoms with E-state index in [4.69, 9.17) is 11.6 Å². The summed E-state index contributed by atoms with van der Waals surface area (Å²) in [5, 5.41) is 0.325. The first-order valence-corrected chi connectivity index (χ1v) is 9.71. The second-order valence-electron chi connectivity index (χ2n) is 7.23. The fraction of sp³-hybridized carbons (Fsp3) is 0.273. The van der Waals surface area contributed by atoms with Crippen molar-refractivity contribution in [2.75, 3.05) is 6.54 Å². The van der Waals surface area contributed by atoms with E-state index in [0.29, 0.717) is 23.0 Å². The van der Waals surface area contributed by atoms with Crippen molar-refractivity contribution in [3.8, 4) is 0 Å². The molecule has 0 bridgehead atoms. The van der Waals surface area contributed by atoms with E-state index in [1.807, 2.05) is 13.8 Å². The van der Waals surface area contributed by atoms with Crippen LogP contribution in [0.25, 0.3) is 0 Å². The van der Waals surface area contributed by atoms with Crippen molar-refractivity contribution in [2.45, 2.75) is 26.9 Å². The second-order valence-corrected chi connectivity index (χ2v) is 7.64. The molecule has 1 amide bonds. The Kier molecular flexibility index (Phi) is 6.64. The number of hydrogen-bond acceptors (Lipinski definition) is 2. The Bertz CT molecular complexity index is 983. The largest absolute Gasteiger partial charge is 0.331 e. The molecule has 152 valence electrons. The van der Waals surface area contributed by atoms with Gasteiger partial charge in [-0.1, -0.05) is 43.6 Å². The second kappa shape index (κ2) is 9.18. The van der Waals surface area contributed by atoms with Crippen LogP contribution in [0.15, 0.2) is 54.9 Å². The van der Waals surface area contributed by atoms with E-state index >= 15 is 0 Å². The van der Waals surface area contributed by atoms with Gasteiger partial charge >= 0.3 is 0 Å². The standard InChI is InChI=1S/C22H22ClF2N3O/c1-15(2)12-28(22(29)16-6-3-4-8-19(16)24)14-21-26-10-11-27(21)13-17-18(23)7-5-9-20(17)25/h3-11,15H,12-14H2,1-2H3. The molecule has 0 saturated carbocycles. The molecule has 0 unspecified atom stereocenters. The number of benzene rings is 2. The van der Waals surface area contributed by atoms with E-state index in [-0.39, 0.29) is 24.6 Å². The maximum absolute atomic E-state index is 14.2. The van der Waals surface area contributed by atoms with Crippen molar-refractivity contribution in [3.05, 3.63) is 88.5 Å². The number of rotatable bonds is 7. The highest BCUT2D eigenvalue weighted by atomic mass is 35.5. The monoisotopic (exact) mass is 417 g/mol. The van der Waals surface area contributed by atoms with Gasteiger partial charge in [0.2, 0.25) is 0 Å². The first kappa shape index (κ1) is 21.0. The van der Waals surface area contributed by atoms with E-state index in [9.17, 15) is 13.6 Å². The van der Waals surface area contributed by atoms with Crippen molar-refractivity contribution < 1.29 is 13.6 Å². The minimum atomic E-state index is -0.562. The molecule has 0 aliphatic heterocycles. The Morgan fingerprint density at radius 1 is 1.14 bits per heavy atom. The van der Waals surface area contributed by atoms with Crippen LogP contribution in [-0.2, 0) is 13.1 Å². The average Bonchev–Trinajstić information content (AvgIpc) is 3.10. The summed E-state index contributed by atoms with van der Waals surface area (Å²) in [4.78, 5) is 18.9. The Balaban J connectivity index is 1.87. The molecule has 7 heteroatoms. The molecule has 0 radical (unpaired) electrons. The lowest BCUT2D eigenvalue weighted by molar-refractivity contribution is 0.0711. The lowest BCUT2D eigenvalue weighted by atomic mass is 10.1. The SMILES string of the molecule is CC(C)CN(Cc1nccn1Cc1c(F)cccc1Cl)C(=O)c1ccccc1F. The Morgan fingerprint density at radius 3 is 2.55 bits per heavy atom. The molecule has 0 fully saturated rings. The molecular weight excluding hydrogens is 396 g/mol. The number of halogens is 3. The number of carbonyl (C=O) groups excluding carboxylic acids is 1. The quantitative estimate of drug-likeness (QED) is 0.532. The minimum absolute atomic E-state index is 0.0170. The average molecular weight is 418 g/mol. The van der Waals surface area contributed by atoms with E-state index in [1.54, 1.807) is 46.1 Å². The van der Waals surface area contributed by atoms with Crippen molar-refractivity contribution in [2.24, 2.45) is 5.92 Å². The summed E-state index contributed by atoms with van der Waals surface area (Å²) in [6.07, 6.45) is 3.30. The van der Waals surface area contributed by atoms with Crippen LogP contribution in [0.1, 0.15) is 35.6 Å². The summed E-state index contributed by atoms with van der Waals surface area (Å²) in [6.45, 7) is 4.75. The normalized spacial score (nSPS) is 11.1. The van der Waals surface area contributed by atoms with Gasteiger partial charge in [-0.3, -0.25) is 4.79 Å². The molecule has 4 nitrogen and oxygen atoms in total. The van der Waals surface area contributed by atoms with Crippen LogP contribution in [0, 0.1) is 17.6 Å². The first-order chi connectivity index (χ1) is 13.9. The van der Waals surface area contributed by atoms with Crippen LogP contribution in [0.5, 0.6) is 0 Å². The van der Waals surface area contributed by atoms with Crippen LogP contribution in [0.4, 0.5) is 8.78 Å². The molecule has 1 heterocycles. The molecule has 0 N–H and O–H groups in total. The zero-order chi connectivity index (χ0) is 21.0. The predicted molar refractivity (Wildman–Crippen MR) is 109 cm³/mol. The maximum Gasteiger partial charge on any atom is 0.257 e. The molecular formula is C22H22ClF2N3O. The zero-order valence-corrected chi connectivity index (χ0v) is 17.0. The summed E-state index contributed by atoms with van der Waals surface area (Å²) < 4.78 is 30.1. The topological polar surface area (TPSA) is 38.1 Å². The van der Waals surface area contributed by atoms with Gasteiger partial charge in [-0.2, -0.15) is 0 Å². The third-order valence-corrected chi connectivity index (χ3v) is 4.86. The van der Waals surface area contributed by atoms with Crippen molar-refractivity contribution in [1.29, 1.82) is 0 Å². The van der Waals surface area contributed by atoms with Gasteiger partial charge in [0.05, 0.1) is 18.7 Å². The molecule has 0 aliphatic carbocycles. The van der Waals surface area contributed by atoms with Gasteiger partial charge in [0, 0.05) is 29.5 Å². The third kappa shape index (κ3) is 5.01. The molecule has 29 heavy (non-hydrogen) atoms. The van der Waals surface area contributed by atoms with Crippen molar-refractivity contribution >= 4 is 17.5 Å². The summed E-state index contributed by atoms with van der Waals surface area (Å²) in [6, 6.07) is 10.4. The molecule has 2 aromatic carbocycles. The van der Waals surface area contributed by atoms with E-state index in [0.717, 1.165) is 0 Å². The number of aromatic nitrogens is 2. The Labute approximate surface area is 173 Å². The summed E-state index contributed by atoms with van der Waals surface area (Å²) in [5.41, 5.74) is 0.368. The van der Waals surface area contributed by atoms with E-state index in [1.165, 1.54) is 18.2 Å². The molecule has 0 saturated heterocycles. The Morgan fingerprint density at radius 2 is 1.86 bits per heavy atom. The van der Waals surface area contributed by atoms with Crippen molar-refractivity contribution in [3.63, 3.8) is 0 Å². The lowest BCUT2D eigenvalue weighted by Gasteiger charge is -2.25. The highest BCUT2D eigenvalue weighted by Gasteiger charge is 2.22. The van der Waals surface area contributed by atoms with Crippen LogP contribution >= 0.6 is 11.6 Å². The van der Waals surface area contributed by atoms with E-state index in [2.05, 4.69) is 4.98 Å².